The van der Waals surface area contributed by atoms with Crippen LogP contribution in [0.2, 0.25) is 0 Å². The molecule has 0 bridgehead atoms. The number of nitrogens with one attached hydrogen (secondary N) is 1. The van der Waals surface area contributed by atoms with E-state index in [9.17, 15) is 10.7 Å². The molecule has 0 radical (unpaired) electrons. The predicted octanol–water partition coefficient (Wildman–Crippen LogP) is 7.28. The van der Waals surface area contributed by atoms with Crippen LogP contribution in [-0.2, 0) is 5.41 Å². The number of aryl methyl sites for hydroxylation is 3. The summed E-state index contributed by atoms with van der Waals surface area (Å²) in [5.41, 5.74) is 8.69. The van der Waals surface area contributed by atoms with Crippen LogP contribution in [0.25, 0.3) is 0 Å². The van der Waals surface area contributed by atoms with Gasteiger partial charge in [-0.1, -0.05) is 68.4 Å². The van der Waals surface area contributed by atoms with Crippen LogP contribution >= 0.6 is 0 Å². The van der Waals surface area contributed by atoms with Gasteiger partial charge in [-0.05, 0) is 74.8 Å². The first-order chi connectivity index (χ1) is 17.2. The van der Waals surface area contributed by atoms with Crippen molar-refractivity contribution < 1.29 is 0 Å². The van der Waals surface area contributed by atoms with E-state index in [0.29, 0.717) is 11.4 Å². The Hall–Kier alpha value is -3.71. The second kappa shape index (κ2) is 8.45. The molecule has 2 atom stereocenters. The standard InChI is InChI=1S/C32H34N4/c1-7-31-19-32(31,8-2)35-30(25-15-11-12-16-27(25)31)36(29(34)24-14-10-9-13-20(24)3)28-22(5)17-21(4)26(18-33)23(28)6/h9-17,34H,7-8,19H2,1-6H3/t31?,32-/m0/s1. The fraction of sp³-hybridized carbons (Fsp3) is 0.344. The van der Waals surface area contributed by atoms with Crippen LogP contribution in [0.1, 0.15) is 77.6 Å². The highest BCUT2D eigenvalue weighted by atomic mass is 15.3. The minimum Gasteiger partial charge on any atom is -0.283 e. The molecule has 1 fully saturated rings. The van der Waals surface area contributed by atoms with Gasteiger partial charge in [0.05, 0.1) is 22.9 Å². The first-order valence-electron chi connectivity index (χ1n) is 12.9. The van der Waals surface area contributed by atoms with E-state index in [2.05, 4.69) is 57.2 Å². The van der Waals surface area contributed by atoms with Gasteiger partial charge in [-0.25, -0.2) is 0 Å². The second-order valence-corrected chi connectivity index (χ2v) is 10.4. The molecule has 1 N–H and O–H groups in total. The van der Waals surface area contributed by atoms with Crippen molar-refractivity contribution in [3.63, 3.8) is 0 Å². The molecular formula is C32H34N4. The van der Waals surface area contributed by atoms with Crippen molar-refractivity contribution in [1.82, 2.24) is 0 Å². The Bertz CT molecular complexity index is 1470. The smallest absolute Gasteiger partial charge is 0.142 e. The number of nitrogens with zero attached hydrogens (tertiary/aromatic N) is 3. The van der Waals surface area contributed by atoms with Gasteiger partial charge in [-0.3, -0.25) is 15.3 Å². The summed E-state index contributed by atoms with van der Waals surface area (Å²) in [6, 6.07) is 21.1. The molecule has 0 spiro atoms. The van der Waals surface area contributed by atoms with E-state index in [0.717, 1.165) is 64.2 Å². The van der Waals surface area contributed by atoms with Gasteiger partial charge in [0.15, 0.2) is 0 Å². The second-order valence-electron chi connectivity index (χ2n) is 10.4. The zero-order valence-corrected chi connectivity index (χ0v) is 22.2. The van der Waals surface area contributed by atoms with Crippen LogP contribution < -0.4 is 4.90 Å². The summed E-state index contributed by atoms with van der Waals surface area (Å²) in [6.45, 7) is 12.6. The number of amidine groups is 2. The van der Waals surface area contributed by atoms with Crippen molar-refractivity contribution in [2.45, 2.75) is 71.8 Å². The van der Waals surface area contributed by atoms with Crippen molar-refractivity contribution in [3.05, 3.63) is 99.1 Å². The third-order valence-electron chi connectivity index (χ3n) is 8.65. The number of nitriles is 1. The fourth-order valence-electron chi connectivity index (χ4n) is 6.64. The van der Waals surface area contributed by atoms with Crippen molar-refractivity contribution in [3.8, 4) is 6.07 Å². The Labute approximate surface area is 214 Å². The highest BCUT2D eigenvalue weighted by Crippen LogP contribution is 2.66. The van der Waals surface area contributed by atoms with Gasteiger partial charge in [0.1, 0.15) is 11.7 Å². The maximum absolute atomic E-state index is 10.0. The highest BCUT2D eigenvalue weighted by molar-refractivity contribution is 6.30. The molecule has 0 amide bonds. The average molecular weight is 475 g/mol. The number of hydrogen-bond donors (Lipinski definition) is 1. The molecule has 1 heterocycles. The SMILES string of the molecule is CCC12C[C@]1(CC)N=C(N(C(=N)c1ccccc1C)c1c(C)cc(C)c(C#N)c1C)c1ccccc12. The van der Waals surface area contributed by atoms with Crippen LogP contribution in [0.15, 0.2) is 59.6 Å². The Morgan fingerprint density at radius 2 is 1.67 bits per heavy atom. The Morgan fingerprint density at radius 3 is 2.33 bits per heavy atom. The van der Waals surface area contributed by atoms with Gasteiger partial charge in [0.2, 0.25) is 0 Å². The number of rotatable bonds is 4. The zero-order valence-electron chi connectivity index (χ0n) is 22.2. The zero-order chi connectivity index (χ0) is 25.8. The Morgan fingerprint density at radius 1 is 0.972 bits per heavy atom. The number of fused-ring (bicyclic) bond motifs is 3. The summed E-state index contributed by atoms with van der Waals surface area (Å²) in [5, 5.41) is 19.6. The lowest BCUT2D eigenvalue weighted by Gasteiger charge is -2.37. The van der Waals surface area contributed by atoms with E-state index in [1.165, 1.54) is 5.56 Å². The van der Waals surface area contributed by atoms with Gasteiger partial charge in [-0.15, -0.1) is 0 Å². The minimum absolute atomic E-state index is 0.0630. The fourth-order valence-corrected chi connectivity index (χ4v) is 6.64. The lowest BCUT2D eigenvalue weighted by Crippen LogP contribution is -2.44. The van der Waals surface area contributed by atoms with E-state index < -0.39 is 0 Å². The van der Waals surface area contributed by atoms with Gasteiger partial charge < -0.3 is 0 Å². The highest BCUT2D eigenvalue weighted by Gasteiger charge is 2.69. The van der Waals surface area contributed by atoms with Crippen molar-refractivity contribution in [2.75, 3.05) is 4.90 Å². The average Bonchev–Trinajstić information content (AvgIpc) is 3.56. The quantitative estimate of drug-likeness (QED) is 0.319. The largest absolute Gasteiger partial charge is 0.283 e. The number of benzene rings is 3. The van der Waals surface area contributed by atoms with Crippen LogP contribution in [0.4, 0.5) is 5.69 Å². The first kappa shape index (κ1) is 24.0. The van der Waals surface area contributed by atoms with Gasteiger partial charge in [0, 0.05) is 16.5 Å². The number of aliphatic imine (C=N–C) groups is 1. The first-order valence-corrected chi connectivity index (χ1v) is 12.9. The lowest BCUT2D eigenvalue weighted by molar-refractivity contribution is 0.498. The van der Waals surface area contributed by atoms with Crippen molar-refractivity contribution in [1.29, 1.82) is 10.7 Å². The van der Waals surface area contributed by atoms with Gasteiger partial charge in [-0.2, -0.15) is 5.26 Å². The molecule has 0 aromatic heterocycles. The molecule has 3 aromatic rings. The van der Waals surface area contributed by atoms with Crippen LogP contribution in [-0.4, -0.2) is 17.2 Å². The monoisotopic (exact) mass is 474 g/mol. The maximum atomic E-state index is 10.0. The molecule has 36 heavy (non-hydrogen) atoms. The minimum atomic E-state index is -0.153. The topological polar surface area (TPSA) is 63.2 Å². The summed E-state index contributed by atoms with van der Waals surface area (Å²) < 4.78 is 0. The predicted molar refractivity (Wildman–Crippen MR) is 148 cm³/mol. The molecule has 1 aliphatic heterocycles. The molecule has 1 saturated carbocycles. The van der Waals surface area contributed by atoms with Crippen molar-refractivity contribution >= 4 is 17.4 Å². The summed E-state index contributed by atoms with van der Waals surface area (Å²) in [7, 11) is 0. The van der Waals surface area contributed by atoms with Crippen LogP contribution in [0.3, 0.4) is 0 Å². The maximum Gasteiger partial charge on any atom is 0.142 e. The summed E-state index contributed by atoms with van der Waals surface area (Å²) >= 11 is 0. The molecule has 0 saturated heterocycles. The summed E-state index contributed by atoms with van der Waals surface area (Å²) in [6.07, 6.45) is 3.04. The molecule has 3 aromatic carbocycles. The van der Waals surface area contributed by atoms with Crippen LogP contribution in [0.5, 0.6) is 0 Å². The normalized spacial score (nSPS) is 21.6. The molecule has 1 aliphatic carbocycles. The van der Waals surface area contributed by atoms with E-state index in [-0.39, 0.29) is 11.0 Å². The molecule has 4 heteroatoms. The van der Waals surface area contributed by atoms with E-state index >= 15 is 0 Å². The Balaban J connectivity index is 1.84. The third-order valence-corrected chi connectivity index (χ3v) is 8.65. The van der Waals surface area contributed by atoms with E-state index in [4.69, 9.17) is 4.99 Å². The lowest BCUT2D eigenvalue weighted by atomic mass is 9.81. The molecule has 5 rings (SSSR count). The van der Waals surface area contributed by atoms with E-state index in [1.807, 2.05) is 49.9 Å². The van der Waals surface area contributed by atoms with Crippen LogP contribution in [0, 0.1) is 44.4 Å². The van der Waals surface area contributed by atoms with Gasteiger partial charge >= 0.3 is 0 Å². The number of hydrogen-bond acceptors (Lipinski definition) is 3. The molecule has 1 unspecified atom stereocenters. The Kier molecular flexibility index (Phi) is 5.63. The number of anilines is 1. The molecule has 182 valence electrons. The van der Waals surface area contributed by atoms with Gasteiger partial charge in [0.25, 0.3) is 0 Å². The van der Waals surface area contributed by atoms with Crippen molar-refractivity contribution in [2.24, 2.45) is 4.99 Å². The summed E-state index contributed by atoms with van der Waals surface area (Å²) in [4.78, 5) is 7.55. The van der Waals surface area contributed by atoms with E-state index in [1.54, 1.807) is 0 Å². The molecule has 4 nitrogen and oxygen atoms in total. The molecular weight excluding hydrogens is 440 g/mol. The third kappa shape index (κ3) is 3.19. The molecule has 2 aliphatic rings. The summed E-state index contributed by atoms with van der Waals surface area (Å²) in [5.74, 6) is 1.21.